The summed E-state index contributed by atoms with van der Waals surface area (Å²) >= 11 is 0. The Labute approximate surface area is 127 Å². The molecule has 1 aromatic heterocycles. The van der Waals surface area contributed by atoms with Crippen LogP contribution in [-0.4, -0.2) is 29.5 Å². The second-order valence-electron chi connectivity index (χ2n) is 5.91. The Morgan fingerprint density at radius 2 is 1.67 bits per heavy atom. The quantitative estimate of drug-likeness (QED) is 0.820. The van der Waals surface area contributed by atoms with E-state index in [1.54, 1.807) is 0 Å². The number of pyridine rings is 1. The van der Waals surface area contributed by atoms with Gasteiger partial charge in [-0.1, -0.05) is 42.8 Å². The van der Waals surface area contributed by atoms with Gasteiger partial charge in [0.2, 0.25) is 0 Å². The second kappa shape index (κ2) is 7.37. The molecule has 0 spiro atoms. The highest BCUT2D eigenvalue weighted by Gasteiger charge is 2.17. The highest BCUT2D eigenvalue weighted by Crippen LogP contribution is 2.27. The van der Waals surface area contributed by atoms with Crippen LogP contribution in [0.25, 0.3) is 0 Å². The normalized spacial score (nSPS) is 17.5. The first-order valence-corrected chi connectivity index (χ1v) is 8.12. The van der Waals surface area contributed by atoms with E-state index in [0.29, 0.717) is 5.92 Å². The standard InChI is InChI=1S/C19H24N2/c1-3-9-17(10-4-1)18(19-11-5-6-13-20-19)12-16-21-14-7-2-8-15-21/h1,3-6,9-11,13,18H,2,7-8,12,14-16H2/t18-/m0/s1. The molecule has 0 unspecified atom stereocenters. The van der Waals surface area contributed by atoms with Crippen molar-refractivity contribution >= 4 is 0 Å². The Morgan fingerprint density at radius 1 is 0.905 bits per heavy atom. The summed E-state index contributed by atoms with van der Waals surface area (Å²) in [6, 6.07) is 17.1. The van der Waals surface area contributed by atoms with Gasteiger partial charge >= 0.3 is 0 Å². The fourth-order valence-corrected chi connectivity index (χ4v) is 3.25. The molecule has 3 rings (SSSR count). The minimum atomic E-state index is 0.411. The Hall–Kier alpha value is -1.67. The van der Waals surface area contributed by atoms with Crippen LogP contribution in [0.15, 0.2) is 54.7 Å². The topological polar surface area (TPSA) is 16.1 Å². The average Bonchev–Trinajstić information content (AvgIpc) is 2.58. The second-order valence-corrected chi connectivity index (χ2v) is 5.91. The van der Waals surface area contributed by atoms with Gasteiger partial charge in [0, 0.05) is 17.8 Å². The molecule has 0 saturated carbocycles. The number of nitrogens with zero attached hydrogens (tertiary/aromatic N) is 2. The SMILES string of the molecule is c1ccc([C@H](CCN2CCCCC2)c2ccccn2)cc1. The summed E-state index contributed by atoms with van der Waals surface area (Å²) in [5.74, 6) is 0.411. The molecule has 0 bridgehead atoms. The Balaban J connectivity index is 1.73. The lowest BCUT2D eigenvalue weighted by atomic mass is 9.91. The van der Waals surface area contributed by atoms with Gasteiger partial charge in [-0.05, 0) is 56.6 Å². The van der Waals surface area contributed by atoms with E-state index >= 15 is 0 Å². The van der Waals surface area contributed by atoms with Crippen LogP contribution in [0.5, 0.6) is 0 Å². The number of piperidine rings is 1. The number of benzene rings is 1. The molecule has 1 aromatic carbocycles. The lowest BCUT2D eigenvalue weighted by molar-refractivity contribution is 0.223. The Bertz CT molecular complexity index is 478. The number of hydrogen-bond donors (Lipinski definition) is 0. The molecule has 1 fully saturated rings. The summed E-state index contributed by atoms with van der Waals surface area (Å²) in [6.45, 7) is 3.71. The van der Waals surface area contributed by atoms with Crippen LogP contribution in [0.4, 0.5) is 0 Å². The first kappa shape index (κ1) is 14.3. The first-order valence-electron chi connectivity index (χ1n) is 8.12. The molecule has 2 heteroatoms. The van der Waals surface area contributed by atoms with Gasteiger partial charge in [0.15, 0.2) is 0 Å². The van der Waals surface area contributed by atoms with Crippen LogP contribution in [-0.2, 0) is 0 Å². The minimum Gasteiger partial charge on any atom is -0.303 e. The van der Waals surface area contributed by atoms with Crippen molar-refractivity contribution in [2.45, 2.75) is 31.6 Å². The van der Waals surface area contributed by atoms with Gasteiger partial charge in [-0.2, -0.15) is 0 Å². The largest absolute Gasteiger partial charge is 0.303 e. The third kappa shape index (κ3) is 3.92. The lowest BCUT2D eigenvalue weighted by Crippen LogP contribution is -2.31. The maximum atomic E-state index is 4.60. The van der Waals surface area contributed by atoms with Crippen LogP contribution in [0, 0.1) is 0 Å². The first-order chi connectivity index (χ1) is 10.4. The smallest absolute Gasteiger partial charge is 0.0478 e. The zero-order chi connectivity index (χ0) is 14.3. The molecule has 0 amide bonds. The van der Waals surface area contributed by atoms with Gasteiger partial charge in [-0.3, -0.25) is 4.98 Å². The van der Waals surface area contributed by atoms with Gasteiger partial charge in [-0.15, -0.1) is 0 Å². The van der Waals surface area contributed by atoms with E-state index in [1.165, 1.54) is 50.2 Å². The third-order valence-electron chi connectivity index (χ3n) is 4.43. The number of aromatic nitrogens is 1. The van der Waals surface area contributed by atoms with Crippen molar-refractivity contribution in [3.63, 3.8) is 0 Å². The van der Waals surface area contributed by atoms with Gasteiger partial charge in [0.1, 0.15) is 0 Å². The van der Waals surface area contributed by atoms with Gasteiger partial charge in [0.05, 0.1) is 0 Å². The van der Waals surface area contributed by atoms with E-state index in [-0.39, 0.29) is 0 Å². The monoisotopic (exact) mass is 280 g/mol. The zero-order valence-corrected chi connectivity index (χ0v) is 12.6. The molecular formula is C19H24N2. The van der Waals surface area contributed by atoms with E-state index in [0.717, 1.165) is 6.42 Å². The number of hydrogen-bond acceptors (Lipinski definition) is 2. The Kier molecular flexibility index (Phi) is 5.01. The maximum absolute atomic E-state index is 4.60. The predicted octanol–water partition coefficient (Wildman–Crippen LogP) is 4.09. The van der Waals surface area contributed by atoms with Crippen LogP contribution < -0.4 is 0 Å². The lowest BCUT2D eigenvalue weighted by Gasteiger charge is -2.28. The van der Waals surface area contributed by atoms with Crippen molar-refractivity contribution in [3.05, 3.63) is 66.0 Å². The molecule has 0 N–H and O–H groups in total. The van der Waals surface area contributed by atoms with Gasteiger partial charge < -0.3 is 4.90 Å². The summed E-state index contributed by atoms with van der Waals surface area (Å²) in [4.78, 5) is 7.21. The molecule has 1 aliphatic heterocycles. The molecule has 21 heavy (non-hydrogen) atoms. The molecule has 1 aliphatic rings. The molecule has 1 atom stereocenters. The average molecular weight is 280 g/mol. The zero-order valence-electron chi connectivity index (χ0n) is 12.6. The minimum absolute atomic E-state index is 0.411. The summed E-state index contributed by atoms with van der Waals surface area (Å²) in [6.07, 6.45) is 7.19. The molecule has 110 valence electrons. The van der Waals surface area contributed by atoms with Crippen LogP contribution in [0.3, 0.4) is 0 Å². The summed E-state index contributed by atoms with van der Waals surface area (Å²) < 4.78 is 0. The molecule has 0 aliphatic carbocycles. The van der Waals surface area contributed by atoms with Crippen molar-refractivity contribution in [1.29, 1.82) is 0 Å². The van der Waals surface area contributed by atoms with Crippen molar-refractivity contribution < 1.29 is 0 Å². The van der Waals surface area contributed by atoms with Crippen LogP contribution >= 0.6 is 0 Å². The van der Waals surface area contributed by atoms with Crippen LogP contribution in [0.1, 0.15) is 42.9 Å². The molecule has 2 aromatic rings. The molecular weight excluding hydrogens is 256 g/mol. The highest BCUT2D eigenvalue weighted by molar-refractivity contribution is 5.28. The fraction of sp³-hybridized carbons (Fsp3) is 0.421. The summed E-state index contributed by atoms with van der Waals surface area (Å²) in [5, 5.41) is 0. The Morgan fingerprint density at radius 3 is 2.38 bits per heavy atom. The third-order valence-corrected chi connectivity index (χ3v) is 4.43. The number of rotatable bonds is 5. The molecule has 0 radical (unpaired) electrons. The molecule has 2 nitrogen and oxygen atoms in total. The van der Waals surface area contributed by atoms with Crippen molar-refractivity contribution in [2.24, 2.45) is 0 Å². The summed E-state index contributed by atoms with van der Waals surface area (Å²) in [5.41, 5.74) is 2.58. The van der Waals surface area contributed by atoms with Crippen molar-refractivity contribution in [3.8, 4) is 0 Å². The predicted molar refractivity (Wildman–Crippen MR) is 87.4 cm³/mol. The highest BCUT2D eigenvalue weighted by atomic mass is 15.1. The maximum Gasteiger partial charge on any atom is 0.0478 e. The van der Waals surface area contributed by atoms with Crippen molar-refractivity contribution in [2.75, 3.05) is 19.6 Å². The van der Waals surface area contributed by atoms with E-state index in [1.807, 2.05) is 12.3 Å². The summed E-state index contributed by atoms with van der Waals surface area (Å²) in [7, 11) is 0. The molecule has 1 saturated heterocycles. The van der Waals surface area contributed by atoms with Gasteiger partial charge in [0.25, 0.3) is 0 Å². The number of likely N-dealkylation sites (tertiary alicyclic amines) is 1. The fourth-order valence-electron chi connectivity index (χ4n) is 3.25. The van der Waals surface area contributed by atoms with E-state index in [4.69, 9.17) is 0 Å². The molecule has 2 heterocycles. The van der Waals surface area contributed by atoms with E-state index < -0.39 is 0 Å². The van der Waals surface area contributed by atoms with Gasteiger partial charge in [-0.25, -0.2) is 0 Å². The van der Waals surface area contributed by atoms with E-state index in [9.17, 15) is 0 Å². The van der Waals surface area contributed by atoms with Crippen molar-refractivity contribution in [1.82, 2.24) is 9.88 Å². The van der Waals surface area contributed by atoms with E-state index in [2.05, 4.69) is 52.3 Å². The van der Waals surface area contributed by atoms with Crippen LogP contribution in [0.2, 0.25) is 0 Å².